The molecule has 1 aromatic heterocycles. The Bertz CT molecular complexity index is 349. The van der Waals surface area contributed by atoms with Crippen molar-refractivity contribution in [2.24, 2.45) is 5.92 Å². The highest BCUT2D eigenvalue weighted by atomic mass is 16.3. The van der Waals surface area contributed by atoms with Crippen molar-refractivity contribution in [2.75, 3.05) is 13.6 Å². The van der Waals surface area contributed by atoms with Gasteiger partial charge in [0.15, 0.2) is 5.82 Å². The van der Waals surface area contributed by atoms with Crippen LogP contribution in [0, 0.1) is 5.92 Å². The van der Waals surface area contributed by atoms with Gasteiger partial charge in [-0.3, -0.25) is 4.90 Å². The fourth-order valence-electron chi connectivity index (χ4n) is 1.98. The maximum atomic E-state index is 9.86. The summed E-state index contributed by atoms with van der Waals surface area (Å²) < 4.78 is 1.83. The number of rotatable bonds is 7. The van der Waals surface area contributed by atoms with Crippen molar-refractivity contribution in [1.82, 2.24) is 25.1 Å². The van der Waals surface area contributed by atoms with Gasteiger partial charge in [0.2, 0.25) is 0 Å². The summed E-state index contributed by atoms with van der Waals surface area (Å²) in [6.07, 6.45) is 3.16. The minimum atomic E-state index is -0.199. The summed E-state index contributed by atoms with van der Waals surface area (Å²) in [5.41, 5.74) is 0. The molecule has 0 aliphatic heterocycles. The van der Waals surface area contributed by atoms with Crippen molar-refractivity contribution in [3.8, 4) is 0 Å². The van der Waals surface area contributed by atoms with Crippen molar-refractivity contribution in [3.05, 3.63) is 5.82 Å². The number of nitrogens with zero attached hydrogens (tertiary/aromatic N) is 5. The summed E-state index contributed by atoms with van der Waals surface area (Å²) in [4.78, 5) is 2.08. The fourth-order valence-corrected chi connectivity index (χ4v) is 1.98. The van der Waals surface area contributed by atoms with Crippen LogP contribution in [0.3, 0.4) is 0 Å². The van der Waals surface area contributed by atoms with Crippen LogP contribution < -0.4 is 0 Å². The van der Waals surface area contributed by atoms with E-state index >= 15 is 0 Å². The number of aryl methyl sites for hydroxylation is 1. The lowest BCUT2D eigenvalue weighted by atomic mass is 10.2. The second-order valence-corrected chi connectivity index (χ2v) is 4.92. The van der Waals surface area contributed by atoms with E-state index < -0.39 is 0 Å². The average molecular weight is 239 g/mol. The Balaban J connectivity index is 1.83. The minimum absolute atomic E-state index is 0.199. The van der Waals surface area contributed by atoms with Crippen LogP contribution in [0.25, 0.3) is 0 Å². The van der Waals surface area contributed by atoms with Gasteiger partial charge in [0.05, 0.1) is 12.6 Å². The third-order valence-electron chi connectivity index (χ3n) is 3.12. The molecule has 6 heteroatoms. The molecule has 0 aromatic carbocycles. The zero-order chi connectivity index (χ0) is 12.3. The zero-order valence-corrected chi connectivity index (χ0v) is 10.6. The number of hydrogen-bond donors (Lipinski definition) is 1. The third-order valence-corrected chi connectivity index (χ3v) is 3.12. The summed E-state index contributed by atoms with van der Waals surface area (Å²) in [5.74, 6) is 1.39. The quantitative estimate of drug-likeness (QED) is 0.740. The molecule has 1 aliphatic carbocycles. The first kappa shape index (κ1) is 12.4. The molecule has 1 saturated carbocycles. The van der Waals surface area contributed by atoms with Crippen molar-refractivity contribution < 1.29 is 5.11 Å². The van der Waals surface area contributed by atoms with E-state index in [9.17, 15) is 5.11 Å². The van der Waals surface area contributed by atoms with Gasteiger partial charge < -0.3 is 5.11 Å². The van der Waals surface area contributed by atoms with Crippen LogP contribution in [0.2, 0.25) is 0 Å². The zero-order valence-electron chi connectivity index (χ0n) is 10.6. The van der Waals surface area contributed by atoms with E-state index in [-0.39, 0.29) is 6.10 Å². The number of tetrazole rings is 1. The molecular weight excluding hydrogens is 218 g/mol. The number of hydrogen-bond acceptors (Lipinski definition) is 5. The summed E-state index contributed by atoms with van der Waals surface area (Å²) in [5, 5.41) is 21.5. The van der Waals surface area contributed by atoms with Crippen LogP contribution in [0.1, 0.15) is 32.0 Å². The molecule has 1 fully saturated rings. The molecule has 0 amide bonds. The predicted molar refractivity (Wildman–Crippen MR) is 63.2 cm³/mol. The normalized spacial score (nSPS) is 17.6. The first-order valence-electron chi connectivity index (χ1n) is 6.32. The van der Waals surface area contributed by atoms with E-state index in [1.807, 2.05) is 11.7 Å². The summed E-state index contributed by atoms with van der Waals surface area (Å²) in [7, 11) is 2.00. The lowest BCUT2D eigenvalue weighted by Crippen LogP contribution is -2.31. The molecule has 17 heavy (non-hydrogen) atoms. The average Bonchev–Trinajstić information content (AvgIpc) is 3.04. The molecule has 1 unspecified atom stereocenters. The van der Waals surface area contributed by atoms with Crippen LogP contribution in [0.4, 0.5) is 0 Å². The standard InChI is InChI=1S/C11H21N5O/c1-3-6-16-11(12-13-14-16)8-15(2)7-10(17)9-4-5-9/h9-10,17H,3-8H2,1-2H3. The molecule has 1 aliphatic rings. The Labute approximate surface area is 102 Å². The Kier molecular flexibility index (Phi) is 4.06. The molecule has 2 rings (SSSR count). The summed E-state index contributed by atoms with van der Waals surface area (Å²) in [6.45, 7) is 4.34. The minimum Gasteiger partial charge on any atom is -0.392 e. The molecule has 0 saturated heterocycles. The smallest absolute Gasteiger partial charge is 0.165 e. The van der Waals surface area contributed by atoms with Gasteiger partial charge in [-0.2, -0.15) is 0 Å². The van der Waals surface area contributed by atoms with Crippen LogP contribution in [-0.4, -0.2) is 49.9 Å². The predicted octanol–water partition coefficient (Wildman–Crippen LogP) is 0.286. The summed E-state index contributed by atoms with van der Waals surface area (Å²) >= 11 is 0. The molecule has 0 bridgehead atoms. The van der Waals surface area contributed by atoms with Gasteiger partial charge >= 0.3 is 0 Å². The monoisotopic (exact) mass is 239 g/mol. The lowest BCUT2D eigenvalue weighted by molar-refractivity contribution is 0.102. The van der Waals surface area contributed by atoms with Gasteiger partial charge in [0.1, 0.15) is 0 Å². The van der Waals surface area contributed by atoms with Crippen LogP contribution in [0.5, 0.6) is 0 Å². The highest BCUT2D eigenvalue weighted by Crippen LogP contribution is 2.32. The second-order valence-electron chi connectivity index (χ2n) is 4.92. The molecular formula is C11H21N5O. The maximum Gasteiger partial charge on any atom is 0.165 e. The number of likely N-dealkylation sites (N-methyl/N-ethyl adjacent to an activating group) is 1. The highest BCUT2D eigenvalue weighted by molar-refractivity contribution is 4.85. The van der Waals surface area contributed by atoms with E-state index in [4.69, 9.17) is 0 Å². The van der Waals surface area contributed by atoms with E-state index in [0.29, 0.717) is 19.0 Å². The first-order chi connectivity index (χ1) is 8.20. The van der Waals surface area contributed by atoms with Gasteiger partial charge in [-0.1, -0.05) is 6.92 Å². The fraction of sp³-hybridized carbons (Fsp3) is 0.909. The Morgan fingerprint density at radius 3 is 2.94 bits per heavy atom. The van der Waals surface area contributed by atoms with E-state index in [0.717, 1.165) is 18.8 Å². The van der Waals surface area contributed by atoms with Crippen molar-refractivity contribution in [2.45, 2.75) is 45.4 Å². The molecule has 0 spiro atoms. The molecule has 1 aromatic rings. The molecule has 96 valence electrons. The van der Waals surface area contributed by atoms with Gasteiger partial charge in [0, 0.05) is 13.1 Å². The SMILES string of the molecule is CCCn1nnnc1CN(C)CC(O)C1CC1. The third kappa shape index (κ3) is 3.47. The van der Waals surface area contributed by atoms with Crippen molar-refractivity contribution in [1.29, 1.82) is 0 Å². The lowest BCUT2D eigenvalue weighted by Gasteiger charge is -2.19. The number of aliphatic hydroxyl groups is 1. The molecule has 6 nitrogen and oxygen atoms in total. The largest absolute Gasteiger partial charge is 0.392 e. The number of aromatic nitrogens is 4. The van der Waals surface area contributed by atoms with E-state index in [1.165, 1.54) is 12.8 Å². The topological polar surface area (TPSA) is 67.1 Å². The molecule has 1 heterocycles. The second kappa shape index (κ2) is 5.55. The Morgan fingerprint density at radius 1 is 1.53 bits per heavy atom. The van der Waals surface area contributed by atoms with Crippen LogP contribution in [0.15, 0.2) is 0 Å². The molecule has 1 N–H and O–H groups in total. The first-order valence-corrected chi connectivity index (χ1v) is 6.32. The maximum absolute atomic E-state index is 9.86. The van der Waals surface area contributed by atoms with Gasteiger partial charge in [-0.05, 0) is 42.7 Å². The van der Waals surface area contributed by atoms with Gasteiger partial charge in [-0.25, -0.2) is 4.68 Å². The van der Waals surface area contributed by atoms with E-state index in [1.54, 1.807) is 0 Å². The Hall–Kier alpha value is -1.01. The van der Waals surface area contributed by atoms with Crippen molar-refractivity contribution >= 4 is 0 Å². The van der Waals surface area contributed by atoms with E-state index in [2.05, 4.69) is 27.3 Å². The number of aliphatic hydroxyl groups excluding tert-OH is 1. The van der Waals surface area contributed by atoms with Crippen LogP contribution in [-0.2, 0) is 13.1 Å². The summed E-state index contributed by atoms with van der Waals surface area (Å²) in [6, 6.07) is 0. The van der Waals surface area contributed by atoms with Crippen molar-refractivity contribution in [3.63, 3.8) is 0 Å². The Morgan fingerprint density at radius 2 is 2.29 bits per heavy atom. The molecule has 0 radical (unpaired) electrons. The molecule has 1 atom stereocenters. The van der Waals surface area contributed by atoms with Crippen LogP contribution >= 0.6 is 0 Å². The van der Waals surface area contributed by atoms with Gasteiger partial charge in [0.25, 0.3) is 0 Å². The van der Waals surface area contributed by atoms with Gasteiger partial charge in [-0.15, -0.1) is 5.10 Å². The highest BCUT2D eigenvalue weighted by Gasteiger charge is 2.30.